The molecule has 2 aromatic rings. The lowest BCUT2D eigenvalue weighted by atomic mass is 10.0. The van der Waals surface area contributed by atoms with Crippen LogP contribution in [0.4, 0.5) is 0 Å². The molecule has 2 aromatic carbocycles. The lowest BCUT2D eigenvalue weighted by Crippen LogP contribution is -2.14. The highest BCUT2D eigenvalue weighted by atomic mass is 16.6. The van der Waals surface area contributed by atoms with Gasteiger partial charge in [0, 0.05) is 12.7 Å². The second kappa shape index (κ2) is 30.6. The van der Waals surface area contributed by atoms with Crippen LogP contribution in [0.25, 0.3) is 0 Å². The molecule has 3 N–H and O–H groups in total. The SMILES string of the molecule is CC.COC(=O)c1cc(C)cc(C(=O)OC)c1.COCC(=O)c1cc(C)cc(C(=O)OCCOCCOCCO)c1.OCCOCCO. The van der Waals surface area contributed by atoms with E-state index < -0.39 is 17.9 Å². The Morgan fingerprint density at radius 2 is 0.875 bits per heavy atom. The van der Waals surface area contributed by atoms with Crippen LogP contribution < -0.4 is 0 Å². The monoisotopic (exact) mass is 684 g/mol. The molecule has 0 spiro atoms. The molecule has 0 amide bonds. The van der Waals surface area contributed by atoms with Crippen LogP contribution >= 0.6 is 0 Å². The average Bonchev–Trinajstić information content (AvgIpc) is 3.09. The molecule has 0 aliphatic carbocycles. The van der Waals surface area contributed by atoms with Gasteiger partial charge >= 0.3 is 17.9 Å². The van der Waals surface area contributed by atoms with Crippen LogP contribution in [0, 0.1) is 13.8 Å². The smallest absolute Gasteiger partial charge is 0.338 e. The predicted octanol–water partition coefficient (Wildman–Crippen LogP) is 2.59. The molecule has 0 aromatic heterocycles. The van der Waals surface area contributed by atoms with Crippen molar-refractivity contribution in [3.63, 3.8) is 0 Å². The van der Waals surface area contributed by atoms with Gasteiger partial charge in [-0.25, -0.2) is 14.4 Å². The third kappa shape index (κ3) is 21.9. The third-order valence-corrected chi connectivity index (χ3v) is 5.37. The molecule has 0 fully saturated rings. The second-order valence-corrected chi connectivity index (χ2v) is 9.16. The van der Waals surface area contributed by atoms with Gasteiger partial charge in [0.05, 0.1) is 90.4 Å². The number of Topliss-reactive ketones (excluding diaryl/α,β-unsaturated/α-hetero) is 1. The Hall–Kier alpha value is -3.76. The van der Waals surface area contributed by atoms with Crippen LogP contribution in [0.1, 0.15) is 66.4 Å². The Bertz CT molecular complexity index is 1140. The average molecular weight is 685 g/mol. The Labute approximate surface area is 282 Å². The Morgan fingerprint density at radius 3 is 1.29 bits per heavy atom. The van der Waals surface area contributed by atoms with Gasteiger partial charge in [0.15, 0.2) is 5.78 Å². The summed E-state index contributed by atoms with van der Waals surface area (Å²) in [6.07, 6.45) is 0. The van der Waals surface area contributed by atoms with Gasteiger partial charge in [0.1, 0.15) is 13.2 Å². The summed E-state index contributed by atoms with van der Waals surface area (Å²) in [4.78, 5) is 46.4. The van der Waals surface area contributed by atoms with E-state index in [2.05, 4.69) is 14.2 Å². The van der Waals surface area contributed by atoms with Crippen LogP contribution in [0.5, 0.6) is 0 Å². The minimum absolute atomic E-state index is 0.0248. The predicted molar refractivity (Wildman–Crippen MR) is 177 cm³/mol. The zero-order valence-electron chi connectivity index (χ0n) is 29.1. The largest absolute Gasteiger partial charge is 0.465 e. The maximum absolute atomic E-state index is 12.0. The first-order chi connectivity index (χ1) is 23.1. The zero-order chi connectivity index (χ0) is 36.7. The summed E-state index contributed by atoms with van der Waals surface area (Å²) >= 11 is 0. The van der Waals surface area contributed by atoms with Crippen LogP contribution in [-0.2, 0) is 33.2 Å². The minimum Gasteiger partial charge on any atom is -0.465 e. The van der Waals surface area contributed by atoms with Crippen molar-refractivity contribution in [1.82, 2.24) is 0 Å². The van der Waals surface area contributed by atoms with Gasteiger partial charge in [-0.1, -0.05) is 13.8 Å². The molecule has 0 bridgehead atoms. The zero-order valence-corrected chi connectivity index (χ0v) is 29.1. The van der Waals surface area contributed by atoms with Crippen molar-refractivity contribution in [2.24, 2.45) is 0 Å². The van der Waals surface area contributed by atoms with E-state index in [0.717, 1.165) is 11.1 Å². The molecule has 14 heteroatoms. The number of rotatable bonds is 18. The van der Waals surface area contributed by atoms with Crippen LogP contribution in [-0.4, -0.2) is 133 Å². The van der Waals surface area contributed by atoms with Gasteiger partial charge < -0.3 is 48.5 Å². The minimum atomic E-state index is -0.509. The van der Waals surface area contributed by atoms with Crippen molar-refractivity contribution in [3.05, 3.63) is 69.8 Å². The van der Waals surface area contributed by atoms with E-state index in [4.69, 9.17) is 34.3 Å². The lowest BCUT2D eigenvalue weighted by Gasteiger charge is -2.08. The molecule has 0 heterocycles. The number of hydrogen-bond donors (Lipinski definition) is 3. The van der Waals surface area contributed by atoms with E-state index >= 15 is 0 Å². The lowest BCUT2D eigenvalue weighted by molar-refractivity contribution is 0.00918. The fourth-order valence-corrected chi connectivity index (χ4v) is 3.43. The number of ketones is 1. The number of ether oxygens (including phenoxy) is 7. The normalized spacial score (nSPS) is 9.79. The summed E-state index contributed by atoms with van der Waals surface area (Å²) < 4.78 is 34.0. The fourth-order valence-electron chi connectivity index (χ4n) is 3.43. The molecule has 0 aliphatic rings. The number of carbonyl (C=O) groups is 4. The topological polar surface area (TPSA) is 194 Å². The van der Waals surface area contributed by atoms with Gasteiger partial charge in [-0.05, 0) is 61.4 Å². The summed E-state index contributed by atoms with van der Waals surface area (Å²) in [5.41, 5.74) is 3.03. The Morgan fingerprint density at radius 1 is 0.521 bits per heavy atom. The first-order valence-electron chi connectivity index (χ1n) is 15.2. The molecule has 48 heavy (non-hydrogen) atoms. The van der Waals surface area contributed by atoms with E-state index in [-0.39, 0.29) is 52.0 Å². The molecule has 272 valence electrons. The molecule has 0 unspecified atom stereocenters. The molecule has 0 atom stereocenters. The summed E-state index contributed by atoms with van der Waals surface area (Å²) in [5, 5.41) is 24.7. The second-order valence-electron chi connectivity index (χ2n) is 9.16. The number of hydrogen-bond acceptors (Lipinski definition) is 14. The van der Waals surface area contributed by atoms with E-state index in [9.17, 15) is 19.2 Å². The Kier molecular flexibility index (Phi) is 29.5. The Balaban J connectivity index is 0. The van der Waals surface area contributed by atoms with Crippen molar-refractivity contribution in [2.45, 2.75) is 27.7 Å². The molecule has 0 radical (unpaired) electrons. The number of benzene rings is 2. The van der Waals surface area contributed by atoms with E-state index in [1.165, 1.54) is 33.5 Å². The van der Waals surface area contributed by atoms with Gasteiger partial charge in [0.2, 0.25) is 0 Å². The third-order valence-electron chi connectivity index (χ3n) is 5.37. The summed E-state index contributed by atoms with van der Waals surface area (Å²) in [5.74, 6) is -1.64. The number of aliphatic hydroxyl groups excluding tert-OH is 3. The summed E-state index contributed by atoms with van der Waals surface area (Å²) in [7, 11) is 4.03. The van der Waals surface area contributed by atoms with Crippen molar-refractivity contribution in [2.75, 3.05) is 94.0 Å². The van der Waals surface area contributed by atoms with Crippen molar-refractivity contribution < 1.29 is 67.7 Å². The molecule has 0 saturated heterocycles. The fraction of sp³-hybridized carbons (Fsp3) is 0.529. The van der Waals surface area contributed by atoms with Crippen molar-refractivity contribution in [3.8, 4) is 0 Å². The highest BCUT2D eigenvalue weighted by Crippen LogP contribution is 2.13. The van der Waals surface area contributed by atoms with E-state index in [1.54, 1.807) is 38.1 Å². The van der Waals surface area contributed by atoms with Crippen LogP contribution in [0.3, 0.4) is 0 Å². The molecule has 14 nitrogen and oxygen atoms in total. The first kappa shape index (κ1) is 46.4. The quantitative estimate of drug-likeness (QED) is 0.0898. The van der Waals surface area contributed by atoms with Gasteiger partial charge in [-0.3, -0.25) is 4.79 Å². The maximum atomic E-state index is 12.0. The van der Waals surface area contributed by atoms with E-state index in [0.29, 0.717) is 48.7 Å². The molecule has 0 saturated carbocycles. The van der Waals surface area contributed by atoms with E-state index in [1.807, 2.05) is 13.8 Å². The maximum Gasteiger partial charge on any atom is 0.338 e. The van der Waals surface area contributed by atoms with Crippen molar-refractivity contribution >= 4 is 23.7 Å². The van der Waals surface area contributed by atoms with Crippen molar-refractivity contribution in [1.29, 1.82) is 0 Å². The van der Waals surface area contributed by atoms with Gasteiger partial charge in [-0.2, -0.15) is 0 Å². The first-order valence-corrected chi connectivity index (χ1v) is 15.2. The molecular weight excluding hydrogens is 632 g/mol. The highest BCUT2D eigenvalue weighted by molar-refractivity contribution is 6.00. The number of esters is 3. The van der Waals surface area contributed by atoms with Gasteiger partial charge in [0.25, 0.3) is 0 Å². The number of aliphatic hydroxyl groups is 3. The number of methoxy groups -OCH3 is 3. The number of aryl methyl sites for hydroxylation is 2. The molecule has 2 rings (SSSR count). The molecular formula is C34H52O14. The summed E-state index contributed by atoms with van der Waals surface area (Å²) in [6.45, 7) is 9.58. The summed E-state index contributed by atoms with van der Waals surface area (Å²) in [6, 6.07) is 9.62. The van der Waals surface area contributed by atoms with Crippen LogP contribution in [0.15, 0.2) is 36.4 Å². The highest BCUT2D eigenvalue weighted by Gasteiger charge is 2.14. The van der Waals surface area contributed by atoms with Gasteiger partial charge in [-0.15, -0.1) is 0 Å². The number of carbonyl (C=O) groups excluding carboxylic acids is 4. The molecule has 0 aliphatic heterocycles. The standard InChI is InChI=1S/C17H24O7.C11H12O4.C4H10O3.C2H6/c1-13-9-14(16(19)12-21-2)11-15(10-13)17(20)24-8-7-23-6-5-22-4-3-18;1-7-4-8(10(12)14-2)6-9(5-7)11(13)15-3;5-1-3-7-4-2-6;1-2/h9-11,18H,3-8,12H2,1-2H3;4-6H,1-3H3;5-6H,1-4H2;1-2H3. The van der Waals surface area contributed by atoms with Crippen LogP contribution in [0.2, 0.25) is 0 Å².